The van der Waals surface area contributed by atoms with Gasteiger partial charge in [-0.1, -0.05) is 19.6 Å². The number of hydrogen-bond donors (Lipinski definition) is 0. The van der Waals surface area contributed by atoms with Crippen LogP contribution in [0.2, 0.25) is 0 Å². The van der Waals surface area contributed by atoms with Crippen molar-refractivity contribution < 1.29 is 4.74 Å². The molecule has 3 nitrogen and oxygen atoms in total. The van der Waals surface area contributed by atoms with Crippen molar-refractivity contribution in [1.29, 1.82) is 0 Å². The molecule has 0 aromatic rings. The quantitative estimate of drug-likeness (QED) is 0.632. The molecule has 1 heterocycles. The monoisotopic (exact) mass is 238 g/mol. The molecule has 3 heteroatoms. The predicted molar refractivity (Wildman–Crippen MR) is 73.1 cm³/mol. The second kappa shape index (κ2) is 8.31. The highest BCUT2D eigenvalue weighted by atomic mass is 16.5. The average molecular weight is 238 g/mol. The van der Waals surface area contributed by atoms with Crippen LogP contribution in [0.5, 0.6) is 0 Å². The maximum absolute atomic E-state index is 5.35. The summed E-state index contributed by atoms with van der Waals surface area (Å²) < 4.78 is 5.35. The molecule has 0 bridgehead atoms. The van der Waals surface area contributed by atoms with Gasteiger partial charge in [-0.2, -0.15) is 0 Å². The predicted octanol–water partition coefficient (Wildman–Crippen LogP) is 2.12. The van der Waals surface area contributed by atoms with Gasteiger partial charge in [0.2, 0.25) is 0 Å². The minimum Gasteiger partial charge on any atom is -0.379 e. The van der Waals surface area contributed by atoms with E-state index in [-0.39, 0.29) is 0 Å². The van der Waals surface area contributed by atoms with Crippen LogP contribution in [0.1, 0.15) is 20.3 Å². The van der Waals surface area contributed by atoms with Gasteiger partial charge >= 0.3 is 0 Å². The van der Waals surface area contributed by atoms with Gasteiger partial charge in [0.15, 0.2) is 0 Å². The molecule has 0 amide bonds. The molecule has 0 atom stereocenters. The van der Waals surface area contributed by atoms with Crippen molar-refractivity contribution in [3.63, 3.8) is 0 Å². The maximum atomic E-state index is 5.35. The summed E-state index contributed by atoms with van der Waals surface area (Å²) in [5.41, 5.74) is 1.13. The summed E-state index contributed by atoms with van der Waals surface area (Å²) >= 11 is 0. The smallest absolute Gasteiger partial charge is 0.0594 e. The minimum absolute atomic E-state index is 0.878. The molecule has 17 heavy (non-hydrogen) atoms. The van der Waals surface area contributed by atoms with Crippen LogP contribution < -0.4 is 0 Å². The minimum atomic E-state index is 0.878. The molecule has 98 valence electrons. The van der Waals surface area contributed by atoms with Crippen LogP contribution in [-0.2, 0) is 4.74 Å². The van der Waals surface area contributed by atoms with Gasteiger partial charge in [-0.3, -0.25) is 4.90 Å². The Kier molecular flexibility index (Phi) is 6.97. The van der Waals surface area contributed by atoms with Gasteiger partial charge < -0.3 is 9.64 Å². The second-order valence-electron chi connectivity index (χ2n) is 4.34. The summed E-state index contributed by atoms with van der Waals surface area (Å²) in [5, 5.41) is 0. The van der Waals surface area contributed by atoms with Crippen molar-refractivity contribution >= 4 is 0 Å². The third kappa shape index (κ3) is 5.37. The molecule has 0 aromatic carbocycles. The molecule has 1 aliphatic heterocycles. The van der Waals surface area contributed by atoms with Crippen LogP contribution in [0.4, 0.5) is 0 Å². The summed E-state index contributed by atoms with van der Waals surface area (Å²) in [6, 6.07) is 0. The van der Waals surface area contributed by atoms with E-state index in [4.69, 9.17) is 4.74 Å². The summed E-state index contributed by atoms with van der Waals surface area (Å²) in [7, 11) is 0. The number of likely N-dealkylation sites (N-methyl/N-ethyl adjacent to an activating group) is 1. The van der Waals surface area contributed by atoms with Crippen LogP contribution in [0.3, 0.4) is 0 Å². The van der Waals surface area contributed by atoms with Gasteiger partial charge in [-0.25, -0.2) is 0 Å². The third-order valence-corrected chi connectivity index (χ3v) is 3.12. The molecule has 0 saturated carbocycles. The van der Waals surface area contributed by atoms with Gasteiger partial charge in [0.05, 0.1) is 13.2 Å². The highest BCUT2D eigenvalue weighted by molar-refractivity contribution is 5.13. The zero-order valence-corrected chi connectivity index (χ0v) is 11.3. The first-order chi connectivity index (χ1) is 8.27. The summed E-state index contributed by atoms with van der Waals surface area (Å²) in [5.74, 6) is 0. The van der Waals surface area contributed by atoms with E-state index in [1.54, 1.807) is 0 Å². The van der Waals surface area contributed by atoms with Crippen LogP contribution in [0.15, 0.2) is 24.4 Å². The number of hydrogen-bond acceptors (Lipinski definition) is 3. The lowest BCUT2D eigenvalue weighted by molar-refractivity contribution is 0.0351. The molecule has 1 aliphatic rings. The largest absolute Gasteiger partial charge is 0.379 e. The second-order valence-corrected chi connectivity index (χ2v) is 4.34. The highest BCUT2D eigenvalue weighted by Crippen LogP contribution is 2.05. The fourth-order valence-corrected chi connectivity index (χ4v) is 1.95. The van der Waals surface area contributed by atoms with Gasteiger partial charge in [-0.05, 0) is 19.4 Å². The van der Waals surface area contributed by atoms with Crippen molar-refractivity contribution in [3.8, 4) is 0 Å². The molecule has 0 N–H and O–H groups in total. The molecule has 1 rings (SSSR count). The maximum Gasteiger partial charge on any atom is 0.0594 e. The first kappa shape index (κ1) is 14.3. The number of nitrogens with zero attached hydrogens (tertiary/aromatic N) is 2. The number of rotatable bonds is 7. The van der Waals surface area contributed by atoms with Crippen molar-refractivity contribution in [3.05, 3.63) is 24.4 Å². The van der Waals surface area contributed by atoms with Crippen LogP contribution >= 0.6 is 0 Å². The van der Waals surface area contributed by atoms with Crippen LogP contribution in [0.25, 0.3) is 0 Å². The normalized spacial score (nSPS) is 17.5. The first-order valence-corrected chi connectivity index (χ1v) is 6.68. The van der Waals surface area contributed by atoms with Crippen molar-refractivity contribution in [1.82, 2.24) is 9.80 Å². The van der Waals surface area contributed by atoms with E-state index in [0.717, 1.165) is 58.1 Å². The molecular formula is C14H26N2O. The van der Waals surface area contributed by atoms with E-state index in [2.05, 4.69) is 42.4 Å². The summed E-state index contributed by atoms with van der Waals surface area (Å²) in [6.07, 6.45) is 5.36. The summed E-state index contributed by atoms with van der Waals surface area (Å²) in [6.45, 7) is 15.5. The fourth-order valence-electron chi connectivity index (χ4n) is 1.95. The molecule has 0 aromatic heterocycles. The van der Waals surface area contributed by atoms with E-state index >= 15 is 0 Å². The lowest BCUT2D eigenvalue weighted by atomic mass is 10.3. The van der Waals surface area contributed by atoms with Crippen molar-refractivity contribution in [2.24, 2.45) is 0 Å². The van der Waals surface area contributed by atoms with E-state index in [9.17, 15) is 0 Å². The number of allylic oxidation sites excluding steroid dienone is 2. The SMILES string of the molecule is C=C(/C=C\CC)N(CC)CCN1CCOCC1. The molecule has 0 aliphatic carbocycles. The average Bonchev–Trinajstić information content (AvgIpc) is 2.38. The van der Waals surface area contributed by atoms with E-state index in [0.29, 0.717) is 0 Å². The third-order valence-electron chi connectivity index (χ3n) is 3.12. The Morgan fingerprint density at radius 2 is 2.06 bits per heavy atom. The Hall–Kier alpha value is -0.800. The lowest BCUT2D eigenvalue weighted by Gasteiger charge is -2.30. The lowest BCUT2D eigenvalue weighted by Crippen LogP contribution is -2.41. The Morgan fingerprint density at radius 1 is 1.35 bits per heavy atom. The first-order valence-electron chi connectivity index (χ1n) is 6.68. The van der Waals surface area contributed by atoms with Gasteiger partial charge in [-0.15, -0.1) is 0 Å². The Labute approximate surface area is 106 Å². The Morgan fingerprint density at radius 3 is 2.65 bits per heavy atom. The van der Waals surface area contributed by atoms with E-state index in [1.807, 2.05) is 0 Å². The van der Waals surface area contributed by atoms with Crippen LogP contribution in [-0.4, -0.2) is 55.7 Å². The molecule has 1 saturated heterocycles. The zero-order chi connectivity index (χ0) is 12.5. The van der Waals surface area contributed by atoms with Crippen molar-refractivity contribution in [2.45, 2.75) is 20.3 Å². The van der Waals surface area contributed by atoms with E-state index in [1.165, 1.54) is 0 Å². The van der Waals surface area contributed by atoms with Crippen LogP contribution in [0, 0.1) is 0 Å². The Bertz CT molecular complexity index is 245. The standard InChI is InChI=1S/C14H26N2O/c1-4-6-7-14(3)16(5-2)9-8-15-10-12-17-13-11-15/h6-7H,3-5,8-13H2,1-2H3/b7-6-. The van der Waals surface area contributed by atoms with Crippen molar-refractivity contribution in [2.75, 3.05) is 45.9 Å². The van der Waals surface area contributed by atoms with E-state index < -0.39 is 0 Å². The molecule has 0 radical (unpaired) electrons. The zero-order valence-electron chi connectivity index (χ0n) is 11.3. The molecule has 0 spiro atoms. The van der Waals surface area contributed by atoms with Gasteiger partial charge in [0.25, 0.3) is 0 Å². The molecule has 0 unspecified atom stereocenters. The number of morpholine rings is 1. The van der Waals surface area contributed by atoms with Gasteiger partial charge in [0, 0.05) is 38.4 Å². The molecular weight excluding hydrogens is 212 g/mol. The van der Waals surface area contributed by atoms with Gasteiger partial charge in [0.1, 0.15) is 0 Å². The fraction of sp³-hybridized carbons (Fsp3) is 0.714. The Balaban J connectivity index is 2.30. The highest BCUT2D eigenvalue weighted by Gasteiger charge is 2.11. The molecule has 1 fully saturated rings. The topological polar surface area (TPSA) is 15.7 Å². The number of ether oxygens (including phenoxy) is 1. The summed E-state index contributed by atoms with van der Waals surface area (Å²) in [4.78, 5) is 4.80.